The van der Waals surface area contributed by atoms with Crippen LogP contribution >= 0.6 is 0 Å². The summed E-state index contributed by atoms with van der Waals surface area (Å²) in [6, 6.07) is 10.0. The zero-order valence-corrected chi connectivity index (χ0v) is 14.8. The van der Waals surface area contributed by atoms with Gasteiger partial charge in [0.1, 0.15) is 11.5 Å². The highest BCUT2D eigenvalue weighted by Gasteiger charge is 2.31. The number of fused-ring (bicyclic) bond motifs is 1. The monoisotopic (exact) mass is 348 g/mol. The number of hydrogen-bond acceptors (Lipinski definition) is 5. The van der Waals surface area contributed by atoms with Gasteiger partial charge >= 0.3 is 0 Å². The lowest BCUT2D eigenvalue weighted by Crippen LogP contribution is -2.21. The number of imidazole rings is 1. The molecule has 0 atom stereocenters. The molecular formula is C19H20N6O. The summed E-state index contributed by atoms with van der Waals surface area (Å²) >= 11 is 0. The molecule has 1 aromatic carbocycles. The van der Waals surface area contributed by atoms with Crippen molar-refractivity contribution in [2.24, 2.45) is 0 Å². The van der Waals surface area contributed by atoms with Crippen molar-refractivity contribution in [1.29, 1.82) is 0 Å². The number of para-hydroxylation sites is 2. The minimum atomic E-state index is -0.339. The minimum absolute atomic E-state index is 0.339. The molecule has 0 spiro atoms. The molecule has 7 nitrogen and oxygen atoms in total. The molecule has 1 saturated carbocycles. The van der Waals surface area contributed by atoms with E-state index in [1.165, 1.54) is 12.8 Å². The zero-order valence-electron chi connectivity index (χ0n) is 14.8. The van der Waals surface area contributed by atoms with Crippen LogP contribution in [0.3, 0.4) is 0 Å². The first kappa shape index (κ1) is 15.3. The van der Waals surface area contributed by atoms with E-state index in [2.05, 4.69) is 44.2 Å². The lowest BCUT2D eigenvalue weighted by atomic mass is 9.89. The van der Waals surface area contributed by atoms with Crippen LogP contribution in [0.1, 0.15) is 50.0 Å². The van der Waals surface area contributed by atoms with E-state index in [0.717, 1.165) is 28.2 Å². The number of nitrogens with one attached hydrogen (secondary N) is 2. The molecule has 3 aromatic heterocycles. The maximum Gasteiger partial charge on any atom is 0.233 e. The maximum absolute atomic E-state index is 5.56. The Morgan fingerprint density at radius 3 is 2.85 bits per heavy atom. The molecule has 0 radical (unpaired) electrons. The summed E-state index contributed by atoms with van der Waals surface area (Å²) in [6.45, 7) is 4.16. The summed E-state index contributed by atoms with van der Waals surface area (Å²) in [5.74, 6) is 2.64. The summed E-state index contributed by atoms with van der Waals surface area (Å²) in [6.07, 6.45) is 3.13. The molecule has 5 rings (SSSR count). The number of aromatic amines is 2. The normalized spacial score (nSPS) is 15.0. The quantitative estimate of drug-likeness (QED) is 0.573. The fraction of sp³-hybridized carbons (Fsp3) is 0.368. The Morgan fingerprint density at radius 1 is 1.19 bits per heavy atom. The van der Waals surface area contributed by atoms with Crippen LogP contribution in [0.2, 0.25) is 0 Å². The average Bonchev–Trinajstić information content (AvgIpc) is 3.04. The summed E-state index contributed by atoms with van der Waals surface area (Å²) in [7, 11) is 0. The Hall–Kier alpha value is -2.96. The van der Waals surface area contributed by atoms with Crippen molar-refractivity contribution in [3.8, 4) is 11.5 Å². The summed E-state index contributed by atoms with van der Waals surface area (Å²) < 4.78 is 5.56. The molecule has 0 amide bonds. The molecule has 1 aliphatic rings. The van der Waals surface area contributed by atoms with Crippen molar-refractivity contribution in [3.63, 3.8) is 0 Å². The van der Waals surface area contributed by atoms with Gasteiger partial charge in [-0.1, -0.05) is 31.1 Å². The predicted octanol–water partition coefficient (Wildman–Crippen LogP) is 3.73. The first-order chi connectivity index (χ1) is 12.6. The van der Waals surface area contributed by atoms with E-state index in [1.54, 1.807) is 0 Å². The van der Waals surface area contributed by atoms with Crippen molar-refractivity contribution in [3.05, 3.63) is 47.7 Å². The van der Waals surface area contributed by atoms with Crippen LogP contribution in [-0.4, -0.2) is 30.3 Å². The summed E-state index contributed by atoms with van der Waals surface area (Å²) in [5, 5.41) is 11.5. The van der Waals surface area contributed by atoms with E-state index in [1.807, 2.05) is 30.3 Å². The van der Waals surface area contributed by atoms with Gasteiger partial charge in [0, 0.05) is 18.0 Å². The van der Waals surface area contributed by atoms with Gasteiger partial charge in [-0.2, -0.15) is 10.1 Å². The van der Waals surface area contributed by atoms with Crippen molar-refractivity contribution in [2.75, 3.05) is 0 Å². The molecular weight excluding hydrogens is 328 g/mol. The van der Waals surface area contributed by atoms with E-state index >= 15 is 0 Å². The topological polar surface area (TPSA) is 96.3 Å². The minimum Gasteiger partial charge on any atom is -0.342 e. The molecule has 0 saturated heterocycles. The number of aromatic nitrogens is 6. The molecule has 0 aliphatic heterocycles. The molecule has 1 aliphatic carbocycles. The Labute approximate surface area is 150 Å². The SMILES string of the molecule is CC(C)(Cc1nc2ccccc2[nH]1)c1nc(-c2cc(C3CC3)[nH]n2)no1. The van der Waals surface area contributed by atoms with Crippen molar-refractivity contribution >= 4 is 11.0 Å². The van der Waals surface area contributed by atoms with Gasteiger partial charge in [0.15, 0.2) is 0 Å². The lowest BCUT2D eigenvalue weighted by molar-refractivity contribution is 0.303. The fourth-order valence-corrected chi connectivity index (χ4v) is 3.24. The van der Waals surface area contributed by atoms with Crippen molar-refractivity contribution in [2.45, 2.75) is 44.4 Å². The first-order valence-corrected chi connectivity index (χ1v) is 8.92. The summed E-state index contributed by atoms with van der Waals surface area (Å²) in [5.41, 5.74) is 3.56. The first-order valence-electron chi connectivity index (χ1n) is 8.92. The van der Waals surface area contributed by atoms with Crippen LogP contribution in [-0.2, 0) is 11.8 Å². The molecule has 0 unspecified atom stereocenters. The Bertz CT molecular complexity index is 1040. The Balaban J connectivity index is 1.39. The van der Waals surface area contributed by atoms with Gasteiger partial charge < -0.3 is 9.51 Å². The van der Waals surface area contributed by atoms with Gasteiger partial charge in [0.2, 0.25) is 11.7 Å². The highest BCUT2D eigenvalue weighted by Crippen LogP contribution is 2.39. The molecule has 7 heteroatoms. The third-order valence-corrected chi connectivity index (χ3v) is 4.90. The molecule has 0 bridgehead atoms. The van der Waals surface area contributed by atoms with E-state index < -0.39 is 0 Å². The van der Waals surface area contributed by atoms with Gasteiger partial charge in [0.25, 0.3) is 0 Å². The molecule has 132 valence electrons. The van der Waals surface area contributed by atoms with Gasteiger partial charge in [-0.3, -0.25) is 5.10 Å². The highest BCUT2D eigenvalue weighted by atomic mass is 16.5. The highest BCUT2D eigenvalue weighted by molar-refractivity contribution is 5.74. The zero-order chi connectivity index (χ0) is 17.7. The average molecular weight is 348 g/mol. The second kappa shape index (κ2) is 5.52. The molecule has 26 heavy (non-hydrogen) atoms. The number of nitrogens with zero attached hydrogens (tertiary/aromatic N) is 4. The van der Waals surface area contributed by atoms with Crippen LogP contribution in [0.15, 0.2) is 34.9 Å². The third kappa shape index (κ3) is 2.69. The van der Waals surface area contributed by atoms with Crippen LogP contribution in [0, 0.1) is 0 Å². The number of rotatable bonds is 5. The van der Waals surface area contributed by atoms with Gasteiger partial charge in [-0.05, 0) is 31.0 Å². The second-order valence-corrected chi connectivity index (χ2v) is 7.67. The van der Waals surface area contributed by atoms with E-state index in [4.69, 9.17) is 4.52 Å². The molecule has 1 fully saturated rings. The van der Waals surface area contributed by atoms with Crippen LogP contribution in [0.5, 0.6) is 0 Å². The maximum atomic E-state index is 5.56. The lowest BCUT2D eigenvalue weighted by Gasteiger charge is -2.17. The largest absolute Gasteiger partial charge is 0.342 e. The van der Waals surface area contributed by atoms with Crippen LogP contribution in [0.4, 0.5) is 0 Å². The number of hydrogen-bond donors (Lipinski definition) is 2. The van der Waals surface area contributed by atoms with Crippen LogP contribution < -0.4 is 0 Å². The number of benzene rings is 1. The Morgan fingerprint density at radius 2 is 2.04 bits per heavy atom. The standard InChI is InChI=1S/C19H20N6O/c1-19(2,10-16-20-12-5-3-4-6-13(12)21-16)18-22-17(25-26-18)15-9-14(23-24-15)11-7-8-11/h3-6,9,11H,7-8,10H2,1-2H3,(H,20,21)(H,23,24). The summed E-state index contributed by atoms with van der Waals surface area (Å²) in [4.78, 5) is 12.6. The fourth-order valence-electron chi connectivity index (χ4n) is 3.24. The van der Waals surface area contributed by atoms with Gasteiger partial charge in [0.05, 0.1) is 16.4 Å². The van der Waals surface area contributed by atoms with Gasteiger partial charge in [-0.15, -0.1) is 0 Å². The molecule has 2 N–H and O–H groups in total. The van der Waals surface area contributed by atoms with Crippen molar-refractivity contribution in [1.82, 2.24) is 30.3 Å². The van der Waals surface area contributed by atoms with E-state index in [9.17, 15) is 0 Å². The Kier molecular flexibility index (Phi) is 3.25. The van der Waals surface area contributed by atoms with E-state index in [0.29, 0.717) is 24.1 Å². The number of H-pyrrole nitrogens is 2. The second-order valence-electron chi connectivity index (χ2n) is 7.67. The molecule has 3 heterocycles. The van der Waals surface area contributed by atoms with Gasteiger partial charge in [-0.25, -0.2) is 4.98 Å². The van der Waals surface area contributed by atoms with Crippen molar-refractivity contribution < 1.29 is 4.52 Å². The third-order valence-electron chi connectivity index (χ3n) is 4.90. The smallest absolute Gasteiger partial charge is 0.233 e. The molecule has 4 aromatic rings. The van der Waals surface area contributed by atoms with Crippen LogP contribution in [0.25, 0.3) is 22.6 Å². The van der Waals surface area contributed by atoms with E-state index in [-0.39, 0.29) is 5.41 Å². The predicted molar refractivity (Wildman–Crippen MR) is 96.7 cm³/mol.